The van der Waals surface area contributed by atoms with Crippen molar-refractivity contribution >= 4 is 11.7 Å². The zero-order chi connectivity index (χ0) is 15.9. The molecule has 0 radical (unpaired) electrons. The maximum Gasteiger partial charge on any atom is 0.319 e. The van der Waals surface area contributed by atoms with Crippen molar-refractivity contribution in [3.05, 3.63) is 43.2 Å². The second-order valence-electron chi connectivity index (χ2n) is 5.05. The summed E-state index contributed by atoms with van der Waals surface area (Å²) in [6, 6.07) is 7.32. The Kier molecular flexibility index (Phi) is 5.30. The molecular weight excluding hydrogens is 278 g/mol. The molecule has 6 nitrogen and oxygen atoms in total. The third-order valence-corrected chi connectivity index (χ3v) is 3.28. The molecule has 1 heterocycles. The fourth-order valence-corrected chi connectivity index (χ4v) is 2.06. The van der Waals surface area contributed by atoms with E-state index in [2.05, 4.69) is 27.3 Å². The minimum atomic E-state index is -0.211. The van der Waals surface area contributed by atoms with Crippen LogP contribution in [0.1, 0.15) is 19.8 Å². The van der Waals surface area contributed by atoms with Gasteiger partial charge in [-0.1, -0.05) is 13.0 Å². The van der Waals surface area contributed by atoms with E-state index < -0.39 is 0 Å². The van der Waals surface area contributed by atoms with Gasteiger partial charge in [-0.2, -0.15) is 5.10 Å². The lowest BCUT2D eigenvalue weighted by Crippen LogP contribution is -2.37. The van der Waals surface area contributed by atoms with Crippen LogP contribution in [0.2, 0.25) is 0 Å². The number of hydrogen-bond acceptors (Lipinski definition) is 3. The SMILES string of the molecule is C=CC[C@H](CC)NC(=O)Nc1ccc(-c2ncn(C)n2)cc1. The van der Waals surface area contributed by atoms with Gasteiger partial charge in [-0.3, -0.25) is 4.68 Å². The van der Waals surface area contributed by atoms with Gasteiger partial charge in [-0.25, -0.2) is 9.78 Å². The smallest absolute Gasteiger partial charge is 0.319 e. The zero-order valence-electron chi connectivity index (χ0n) is 12.9. The molecule has 2 aromatic rings. The largest absolute Gasteiger partial charge is 0.335 e. The number of aromatic nitrogens is 3. The molecule has 116 valence electrons. The molecule has 6 heteroatoms. The molecule has 0 saturated heterocycles. The molecule has 0 unspecified atom stereocenters. The summed E-state index contributed by atoms with van der Waals surface area (Å²) >= 11 is 0. The number of urea groups is 1. The number of aryl methyl sites for hydroxylation is 1. The lowest BCUT2D eigenvalue weighted by molar-refractivity contribution is 0.248. The molecule has 1 atom stereocenters. The molecule has 0 spiro atoms. The summed E-state index contributed by atoms with van der Waals surface area (Å²) in [4.78, 5) is 16.1. The second kappa shape index (κ2) is 7.40. The molecule has 0 aliphatic rings. The van der Waals surface area contributed by atoms with Crippen molar-refractivity contribution in [3.8, 4) is 11.4 Å². The summed E-state index contributed by atoms with van der Waals surface area (Å²) in [6.45, 7) is 5.73. The summed E-state index contributed by atoms with van der Waals surface area (Å²) in [6.07, 6.45) is 5.08. The monoisotopic (exact) mass is 299 g/mol. The second-order valence-corrected chi connectivity index (χ2v) is 5.05. The molecule has 0 bridgehead atoms. The summed E-state index contributed by atoms with van der Waals surface area (Å²) in [5, 5.41) is 9.97. The topological polar surface area (TPSA) is 71.8 Å². The average Bonchev–Trinajstić information content (AvgIpc) is 2.94. The minimum absolute atomic E-state index is 0.106. The van der Waals surface area contributed by atoms with E-state index in [9.17, 15) is 4.79 Å². The van der Waals surface area contributed by atoms with Gasteiger partial charge in [-0.15, -0.1) is 6.58 Å². The lowest BCUT2D eigenvalue weighted by atomic mass is 10.1. The first-order chi connectivity index (χ1) is 10.6. The van der Waals surface area contributed by atoms with Crippen molar-refractivity contribution in [2.24, 2.45) is 7.05 Å². The molecule has 2 amide bonds. The molecular formula is C16H21N5O. The molecule has 0 saturated carbocycles. The van der Waals surface area contributed by atoms with Gasteiger partial charge in [0.1, 0.15) is 6.33 Å². The highest BCUT2D eigenvalue weighted by Crippen LogP contribution is 2.17. The van der Waals surface area contributed by atoms with Crippen LogP contribution in [0, 0.1) is 0 Å². The molecule has 1 aromatic carbocycles. The zero-order valence-corrected chi connectivity index (χ0v) is 12.9. The van der Waals surface area contributed by atoms with Crippen molar-refractivity contribution < 1.29 is 4.79 Å². The number of hydrogen-bond donors (Lipinski definition) is 2. The molecule has 2 N–H and O–H groups in total. The van der Waals surface area contributed by atoms with Gasteiger partial charge in [-0.05, 0) is 37.1 Å². The van der Waals surface area contributed by atoms with Gasteiger partial charge in [0.15, 0.2) is 5.82 Å². The third kappa shape index (κ3) is 4.18. The van der Waals surface area contributed by atoms with E-state index in [1.165, 1.54) is 0 Å². The predicted octanol–water partition coefficient (Wildman–Crippen LogP) is 2.96. The van der Waals surface area contributed by atoms with Gasteiger partial charge in [0.2, 0.25) is 0 Å². The maximum absolute atomic E-state index is 11.9. The number of nitrogens with zero attached hydrogens (tertiary/aromatic N) is 3. The quantitative estimate of drug-likeness (QED) is 0.806. The molecule has 2 rings (SSSR count). The van der Waals surface area contributed by atoms with E-state index in [-0.39, 0.29) is 12.1 Å². The predicted molar refractivity (Wildman–Crippen MR) is 87.5 cm³/mol. The Morgan fingerprint density at radius 1 is 1.41 bits per heavy atom. The van der Waals surface area contributed by atoms with Crippen LogP contribution in [0.5, 0.6) is 0 Å². The number of rotatable bonds is 6. The number of carbonyl (C=O) groups is 1. The molecule has 0 aliphatic heterocycles. The van der Waals surface area contributed by atoms with Crippen molar-refractivity contribution in [2.45, 2.75) is 25.8 Å². The minimum Gasteiger partial charge on any atom is -0.335 e. The number of anilines is 1. The van der Waals surface area contributed by atoms with Crippen LogP contribution in [-0.2, 0) is 7.05 Å². The summed E-state index contributed by atoms with van der Waals surface area (Å²) in [7, 11) is 1.82. The van der Waals surface area contributed by atoms with Crippen LogP contribution < -0.4 is 10.6 Å². The average molecular weight is 299 g/mol. The Morgan fingerprint density at radius 2 is 2.14 bits per heavy atom. The van der Waals surface area contributed by atoms with Crippen LogP contribution >= 0.6 is 0 Å². The Hall–Kier alpha value is -2.63. The highest BCUT2D eigenvalue weighted by atomic mass is 16.2. The Labute approximate surface area is 130 Å². The van der Waals surface area contributed by atoms with Crippen LogP contribution in [0.3, 0.4) is 0 Å². The van der Waals surface area contributed by atoms with Gasteiger partial charge >= 0.3 is 6.03 Å². The van der Waals surface area contributed by atoms with Crippen molar-refractivity contribution in [1.29, 1.82) is 0 Å². The fourth-order valence-electron chi connectivity index (χ4n) is 2.06. The lowest BCUT2D eigenvalue weighted by Gasteiger charge is -2.15. The Morgan fingerprint density at radius 3 is 2.68 bits per heavy atom. The number of nitrogens with one attached hydrogen (secondary N) is 2. The highest BCUT2D eigenvalue weighted by Gasteiger charge is 2.09. The Bertz CT molecular complexity index is 632. The van der Waals surface area contributed by atoms with Crippen molar-refractivity contribution in [3.63, 3.8) is 0 Å². The normalized spacial score (nSPS) is 11.7. The first-order valence-corrected chi connectivity index (χ1v) is 7.27. The summed E-state index contributed by atoms with van der Waals surface area (Å²) in [5.41, 5.74) is 1.63. The van der Waals surface area contributed by atoms with Gasteiger partial charge in [0, 0.05) is 24.3 Å². The maximum atomic E-state index is 11.9. The van der Waals surface area contributed by atoms with E-state index in [0.717, 1.165) is 24.1 Å². The fraction of sp³-hybridized carbons (Fsp3) is 0.312. The van der Waals surface area contributed by atoms with Crippen LogP contribution in [0.25, 0.3) is 11.4 Å². The van der Waals surface area contributed by atoms with Crippen LogP contribution in [-0.4, -0.2) is 26.8 Å². The van der Waals surface area contributed by atoms with Crippen molar-refractivity contribution in [1.82, 2.24) is 20.1 Å². The highest BCUT2D eigenvalue weighted by molar-refractivity contribution is 5.89. The van der Waals surface area contributed by atoms with E-state index >= 15 is 0 Å². The van der Waals surface area contributed by atoms with E-state index in [1.807, 2.05) is 44.3 Å². The van der Waals surface area contributed by atoms with Gasteiger partial charge in [0.05, 0.1) is 0 Å². The molecule has 22 heavy (non-hydrogen) atoms. The molecule has 0 aliphatic carbocycles. The summed E-state index contributed by atoms with van der Waals surface area (Å²) in [5.74, 6) is 0.663. The first-order valence-electron chi connectivity index (χ1n) is 7.27. The van der Waals surface area contributed by atoms with Crippen LogP contribution in [0.4, 0.5) is 10.5 Å². The molecule has 1 aromatic heterocycles. The Balaban J connectivity index is 1.96. The van der Waals surface area contributed by atoms with Crippen molar-refractivity contribution in [2.75, 3.05) is 5.32 Å². The standard InChI is InChI=1S/C16H21N5O/c1-4-6-13(5-2)18-16(22)19-14-9-7-12(8-10-14)15-17-11-21(3)20-15/h4,7-11,13H,1,5-6H2,2-3H3,(H2,18,19,22)/t13-/m0/s1. The molecule has 0 fully saturated rings. The summed E-state index contributed by atoms with van der Waals surface area (Å²) < 4.78 is 1.65. The third-order valence-electron chi connectivity index (χ3n) is 3.28. The number of amides is 2. The van der Waals surface area contributed by atoms with Gasteiger partial charge < -0.3 is 10.6 Å². The van der Waals surface area contributed by atoms with Gasteiger partial charge in [0.25, 0.3) is 0 Å². The number of carbonyl (C=O) groups excluding carboxylic acids is 1. The number of benzene rings is 1. The van der Waals surface area contributed by atoms with E-state index in [1.54, 1.807) is 11.0 Å². The van der Waals surface area contributed by atoms with E-state index in [4.69, 9.17) is 0 Å². The van der Waals surface area contributed by atoms with E-state index in [0.29, 0.717) is 5.82 Å². The van der Waals surface area contributed by atoms with Crippen LogP contribution in [0.15, 0.2) is 43.2 Å². The first kappa shape index (κ1) is 15.8.